The largest absolute Gasteiger partial charge is 0.454 e. The van der Waals surface area contributed by atoms with E-state index in [9.17, 15) is 26.7 Å². The summed E-state index contributed by atoms with van der Waals surface area (Å²) in [7, 11) is 0. The van der Waals surface area contributed by atoms with Gasteiger partial charge in [-0.15, -0.1) is 0 Å². The number of halogens is 8. The Morgan fingerprint density at radius 3 is 2.50 bits per heavy atom. The fourth-order valence-corrected chi connectivity index (χ4v) is 4.19. The van der Waals surface area contributed by atoms with Gasteiger partial charge in [0, 0.05) is 16.8 Å². The average Bonchev–Trinajstić information content (AvgIpc) is 3.49. The maximum absolute atomic E-state index is 14.1. The van der Waals surface area contributed by atoms with Crippen LogP contribution in [0.2, 0.25) is 10.0 Å². The zero-order chi connectivity index (χ0) is 26.1. The minimum absolute atomic E-state index is 0.00954. The van der Waals surface area contributed by atoms with Gasteiger partial charge in [0.1, 0.15) is 23.0 Å². The van der Waals surface area contributed by atoms with Gasteiger partial charge >= 0.3 is 0 Å². The maximum Gasteiger partial charge on any atom is 0.292 e. The molecule has 190 valence electrons. The second-order valence-corrected chi connectivity index (χ2v) is 8.93. The smallest absolute Gasteiger partial charge is 0.292 e. The number of amides is 1. The number of furan rings is 1. The van der Waals surface area contributed by atoms with E-state index < -0.39 is 47.5 Å². The number of anilines is 1. The molecule has 3 aromatic heterocycles. The number of alkyl halides is 4. The molecule has 0 unspecified atom stereocenters. The molecule has 7 nitrogen and oxygen atoms in total. The van der Waals surface area contributed by atoms with Crippen LogP contribution in [0.3, 0.4) is 0 Å². The zero-order valence-electron chi connectivity index (χ0n) is 17.7. The highest BCUT2D eigenvalue weighted by Gasteiger charge is 2.28. The first-order valence-electron chi connectivity index (χ1n) is 9.93. The van der Waals surface area contributed by atoms with Gasteiger partial charge in [-0.05, 0) is 40.2 Å². The van der Waals surface area contributed by atoms with E-state index in [0.717, 1.165) is 0 Å². The third-order valence-electron chi connectivity index (χ3n) is 4.89. The number of aromatic nitrogens is 4. The predicted molar refractivity (Wildman–Crippen MR) is 123 cm³/mol. The Morgan fingerprint density at radius 1 is 1.08 bits per heavy atom. The predicted octanol–water partition coefficient (Wildman–Crippen LogP) is 7.11. The molecule has 3 heterocycles. The molecule has 1 aromatic carbocycles. The molecule has 4 rings (SSSR count). The summed E-state index contributed by atoms with van der Waals surface area (Å²) in [5.74, 6) is -1.39. The third-order valence-corrected chi connectivity index (χ3v) is 6.21. The summed E-state index contributed by atoms with van der Waals surface area (Å²) in [6.45, 7) is -0.481. The lowest BCUT2D eigenvalue weighted by Gasteiger charge is -2.06. The quantitative estimate of drug-likeness (QED) is 0.215. The molecule has 0 atom stereocenters. The minimum Gasteiger partial charge on any atom is -0.454 e. The summed E-state index contributed by atoms with van der Waals surface area (Å²) in [4.78, 5) is 12.6. The first-order valence-corrected chi connectivity index (χ1v) is 11.5. The Kier molecular flexibility index (Phi) is 7.71. The van der Waals surface area contributed by atoms with Crippen LogP contribution in [0.25, 0.3) is 0 Å². The van der Waals surface area contributed by atoms with E-state index in [1.54, 1.807) is 0 Å². The number of carbonyl (C=O) groups excluding carboxylic acids is 1. The van der Waals surface area contributed by atoms with Crippen molar-refractivity contribution >= 4 is 50.9 Å². The van der Waals surface area contributed by atoms with Gasteiger partial charge in [0.15, 0.2) is 11.6 Å². The van der Waals surface area contributed by atoms with Crippen molar-refractivity contribution in [3.05, 3.63) is 85.3 Å². The van der Waals surface area contributed by atoms with Crippen LogP contribution in [-0.4, -0.2) is 25.5 Å². The van der Waals surface area contributed by atoms with Crippen LogP contribution in [0, 0.1) is 5.82 Å². The fourth-order valence-electron chi connectivity index (χ4n) is 3.25. The zero-order valence-corrected chi connectivity index (χ0v) is 20.8. The molecular formula is C21H13BrCl2F5N5O2. The normalized spacial score (nSPS) is 11.6. The highest BCUT2D eigenvalue weighted by molar-refractivity contribution is 9.10. The van der Waals surface area contributed by atoms with Crippen molar-refractivity contribution in [2.24, 2.45) is 0 Å². The van der Waals surface area contributed by atoms with Gasteiger partial charge in [-0.2, -0.15) is 10.2 Å². The Bertz CT molecular complexity index is 1400. The van der Waals surface area contributed by atoms with Crippen molar-refractivity contribution in [1.82, 2.24) is 19.6 Å². The molecule has 4 aromatic rings. The first kappa shape index (κ1) is 26.2. The van der Waals surface area contributed by atoms with Crippen LogP contribution in [0.5, 0.6) is 0 Å². The molecule has 1 N–H and O–H groups in total. The number of carbonyl (C=O) groups is 1. The summed E-state index contributed by atoms with van der Waals surface area (Å²) in [6, 6.07) is 6.82. The van der Waals surface area contributed by atoms with Gasteiger partial charge in [-0.1, -0.05) is 29.3 Å². The van der Waals surface area contributed by atoms with Gasteiger partial charge < -0.3 is 9.73 Å². The lowest BCUT2D eigenvalue weighted by atomic mass is 10.2. The molecule has 0 aliphatic rings. The maximum atomic E-state index is 14.1. The molecule has 0 saturated carbocycles. The van der Waals surface area contributed by atoms with Crippen molar-refractivity contribution in [2.75, 3.05) is 5.32 Å². The van der Waals surface area contributed by atoms with Gasteiger partial charge in [-0.3, -0.25) is 14.2 Å². The van der Waals surface area contributed by atoms with Gasteiger partial charge in [0.2, 0.25) is 0 Å². The van der Waals surface area contributed by atoms with Crippen molar-refractivity contribution in [2.45, 2.75) is 25.9 Å². The van der Waals surface area contributed by atoms with Crippen LogP contribution in [0.15, 0.2) is 45.4 Å². The topological polar surface area (TPSA) is 77.9 Å². The molecule has 0 aliphatic heterocycles. The molecule has 0 aliphatic carbocycles. The van der Waals surface area contributed by atoms with E-state index >= 15 is 0 Å². The van der Waals surface area contributed by atoms with E-state index in [-0.39, 0.29) is 34.5 Å². The second-order valence-electron chi connectivity index (χ2n) is 7.29. The summed E-state index contributed by atoms with van der Waals surface area (Å²) in [5, 5.41) is 9.50. The summed E-state index contributed by atoms with van der Waals surface area (Å²) >= 11 is 14.9. The highest BCUT2D eigenvalue weighted by Crippen LogP contribution is 2.35. The van der Waals surface area contributed by atoms with E-state index in [2.05, 4.69) is 31.4 Å². The van der Waals surface area contributed by atoms with E-state index in [0.29, 0.717) is 9.15 Å². The minimum atomic E-state index is -3.16. The molecular weight excluding hydrogens is 600 g/mol. The molecule has 0 spiro atoms. The fraction of sp³-hybridized carbons (Fsp3) is 0.190. The average molecular weight is 613 g/mol. The summed E-state index contributed by atoms with van der Waals surface area (Å²) < 4.78 is 74.5. The lowest BCUT2D eigenvalue weighted by Crippen LogP contribution is -2.12. The molecule has 0 bridgehead atoms. The molecule has 0 fully saturated rings. The third kappa shape index (κ3) is 5.42. The van der Waals surface area contributed by atoms with Crippen LogP contribution in [0.4, 0.5) is 27.8 Å². The number of benzene rings is 1. The first-order chi connectivity index (χ1) is 17.0. The second kappa shape index (κ2) is 10.6. The van der Waals surface area contributed by atoms with Crippen molar-refractivity contribution in [3.8, 4) is 0 Å². The Morgan fingerprint density at radius 2 is 1.83 bits per heavy atom. The van der Waals surface area contributed by atoms with Crippen LogP contribution >= 0.6 is 39.1 Å². The van der Waals surface area contributed by atoms with E-state index in [4.69, 9.17) is 27.6 Å². The lowest BCUT2D eigenvalue weighted by molar-refractivity contribution is 0.0993. The highest BCUT2D eigenvalue weighted by atomic mass is 79.9. The molecule has 1 amide bonds. The van der Waals surface area contributed by atoms with Crippen molar-refractivity contribution in [3.63, 3.8) is 0 Å². The summed E-state index contributed by atoms with van der Waals surface area (Å²) in [6.07, 6.45) is -4.82. The van der Waals surface area contributed by atoms with Crippen molar-refractivity contribution < 1.29 is 31.2 Å². The van der Waals surface area contributed by atoms with Gasteiger partial charge in [0.05, 0.1) is 22.6 Å². The Balaban J connectivity index is 1.48. The van der Waals surface area contributed by atoms with Crippen LogP contribution in [0.1, 0.15) is 46.1 Å². The van der Waals surface area contributed by atoms with Gasteiger partial charge in [0.25, 0.3) is 18.8 Å². The monoisotopic (exact) mass is 611 g/mol. The van der Waals surface area contributed by atoms with Crippen molar-refractivity contribution in [1.29, 1.82) is 0 Å². The number of nitrogens with zero attached hydrogens (tertiary/aromatic N) is 4. The van der Waals surface area contributed by atoms with Crippen LogP contribution in [-0.2, 0) is 13.1 Å². The number of hydrogen-bond donors (Lipinski definition) is 1. The SMILES string of the molecule is O=C(Nc1nn(Cc2c(F)cccc2Cl)cc1Br)c1ccc(Cn2nc(C(F)F)c(Cl)c2C(F)F)o1. The molecule has 15 heteroatoms. The Labute approximate surface area is 217 Å². The number of hydrogen-bond acceptors (Lipinski definition) is 4. The standard InChI is InChI=1S/C21H13BrCl2F5N5O2/c22-11-8-33(7-10-12(23)2-1-3-13(10)25)32-20(11)30-21(35)14-5-4-9(36-14)6-34-17(19(28)29)15(24)16(31-34)18(26)27/h1-5,8,18-19H,6-7H2,(H,30,32,35). The Hall–Kier alpha value is -2.90. The van der Waals surface area contributed by atoms with E-state index in [1.165, 1.54) is 41.2 Å². The van der Waals surface area contributed by atoms with Crippen LogP contribution < -0.4 is 5.32 Å². The summed E-state index contributed by atoms with van der Waals surface area (Å²) in [5.41, 5.74) is -1.66. The number of nitrogens with one attached hydrogen (secondary N) is 1. The molecule has 0 saturated heterocycles. The van der Waals surface area contributed by atoms with E-state index in [1.807, 2.05) is 0 Å². The molecule has 36 heavy (non-hydrogen) atoms. The molecule has 0 radical (unpaired) electrons. The van der Waals surface area contributed by atoms with Gasteiger partial charge in [-0.25, -0.2) is 22.0 Å². The number of rotatable bonds is 8.